The number of carbonyl (C=O) groups excluding carboxylic acids is 2. The number of allylic oxidation sites excluding steroid dienone is 1. The predicted octanol–water partition coefficient (Wildman–Crippen LogP) is 5.38. The highest BCUT2D eigenvalue weighted by Crippen LogP contribution is 2.36. The van der Waals surface area contributed by atoms with Crippen molar-refractivity contribution in [2.24, 2.45) is 0 Å². The van der Waals surface area contributed by atoms with Gasteiger partial charge in [0.15, 0.2) is 0 Å². The van der Waals surface area contributed by atoms with E-state index in [1.807, 2.05) is 0 Å². The van der Waals surface area contributed by atoms with Gasteiger partial charge in [0.05, 0.1) is 23.8 Å². The van der Waals surface area contributed by atoms with E-state index < -0.39 is 57.8 Å². The maximum atomic E-state index is 14.7. The monoisotopic (exact) mass is 539 g/mol. The Hall–Kier alpha value is -4.52. The molecule has 0 unspecified atom stereocenters. The zero-order valence-electron chi connectivity index (χ0n) is 19.6. The number of ether oxygens (including phenoxy) is 1. The van der Waals surface area contributed by atoms with Gasteiger partial charge in [-0.1, -0.05) is 12.1 Å². The maximum Gasteiger partial charge on any atom is 0.416 e. The largest absolute Gasteiger partial charge is 0.496 e. The molecule has 0 atom stereocenters. The van der Waals surface area contributed by atoms with Gasteiger partial charge in [-0.05, 0) is 43.3 Å². The number of hydroxylamine groups is 1. The lowest BCUT2D eigenvalue weighted by atomic mass is 9.99. The van der Waals surface area contributed by atoms with Gasteiger partial charge < -0.3 is 15.4 Å². The SMILES string of the molecule is COc1cc(F)c(C(=O)N/C(C)=C(\NO)C(=O)Nc2cccc(C(F)(F)F)c2)cc1-c1c(F)cccc1F. The number of hydrogen-bond acceptors (Lipinski definition) is 5. The van der Waals surface area contributed by atoms with Crippen LogP contribution >= 0.6 is 0 Å². The van der Waals surface area contributed by atoms with E-state index in [2.05, 4.69) is 10.6 Å². The van der Waals surface area contributed by atoms with Gasteiger partial charge in [0.25, 0.3) is 11.8 Å². The average Bonchev–Trinajstić information content (AvgIpc) is 2.84. The van der Waals surface area contributed by atoms with Crippen molar-refractivity contribution in [2.45, 2.75) is 13.1 Å². The molecule has 38 heavy (non-hydrogen) atoms. The van der Waals surface area contributed by atoms with E-state index in [9.17, 15) is 41.1 Å². The van der Waals surface area contributed by atoms with Crippen molar-refractivity contribution < 1.29 is 45.9 Å². The van der Waals surface area contributed by atoms with Gasteiger partial charge in [0.2, 0.25) is 0 Å². The van der Waals surface area contributed by atoms with Crippen LogP contribution in [0.1, 0.15) is 22.8 Å². The molecule has 7 nitrogen and oxygen atoms in total. The number of alkyl halides is 3. The summed E-state index contributed by atoms with van der Waals surface area (Å²) < 4.78 is 87.2. The summed E-state index contributed by atoms with van der Waals surface area (Å²) in [5.41, 5.74) is -2.39. The van der Waals surface area contributed by atoms with E-state index in [-0.39, 0.29) is 22.7 Å². The number of methoxy groups -OCH3 is 1. The number of anilines is 1. The Morgan fingerprint density at radius 3 is 2.13 bits per heavy atom. The number of nitrogens with one attached hydrogen (secondary N) is 3. The van der Waals surface area contributed by atoms with Crippen molar-refractivity contribution in [1.29, 1.82) is 0 Å². The first-order valence-electron chi connectivity index (χ1n) is 10.6. The summed E-state index contributed by atoms with van der Waals surface area (Å²) in [5, 5.41) is 13.7. The Balaban J connectivity index is 1.92. The van der Waals surface area contributed by atoms with E-state index in [4.69, 9.17) is 4.74 Å². The highest BCUT2D eigenvalue weighted by molar-refractivity contribution is 6.05. The first kappa shape index (κ1) is 28.1. The fourth-order valence-electron chi connectivity index (χ4n) is 3.42. The first-order valence-corrected chi connectivity index (χ1v) is 10.6. The Bertz CT molecular complexity index is 1400. The molecule has 0 aliphatic rings. The molecule has 0 saturated carbocycles. The Morgan fingerprint density at radius 1 is 0.921 bits per heavy atom. The summed E-state index contributed by atoms with van der Waals surface area (Å²) in [6, 6.07) is 8.24. The molecule has 0 aliphatic carbocycles. The second-order valence-corrected chi connectivity index (χ2v) is 7.73. The van der Waals surface area contributed by atoms with Crippen molar-refractivity contribution >= 4 is 17.5 Å². The van der Waals surface area contributed by atoms with Gasteiger partial charge in [-0.3, -0.25) is 20.3 Å². The summed E-state index contributed by atoms with van der Waals surface area (Å²) >= 11 is 0. The molecule has 0 bridgehead atoms. The quantitative estimate of drug-likeness (QED) is 0.184. The minimum absolute atomic E-state index is 0.269. The molecule has 2 amide bonds. The smallest absolute Gasteiger partial charge is 0.416 e. The highest BCUT2D eigenvalue weighted by Gasteiger charge is 2.30. The van der Waals surface area contributed by atoms with Crippen LogP contribution in [0.15, 0.2) is 66.0 Å². The predicted molar refractivity (Wildman–Crippen MR) is 123 cm³/mol. The molecule has 4 N–H and O–H groups in total. The summed E-state index contributed by atoms with van der Waals surface area (Å²) in [4.78, 5) is 25.3. The Morgan fingerprint density at radius 2 is 1.55 bits per heavy atom. The van der Waals surface area contributed by atoms with E-state index in [1.165, 1.54) is 5.48 Å². The number of amides is 2. The molecule has 0 aromatic heterocycles. The summed E-state index contributed by atoms with van der Waals surface area (Å²) in [7, 11) is 1.13. The lowest BCUT2D eigenvalue weighted by Crippen LogP contribution is -2.31. The molecule has 0 fully saturated rings. The second-order valence-electron chi connectivity index (χ2n) is 7.73. The summed E-state index contributed by atoms with van der Waals surface area (Å²) in [6.07, 6.45) is -4.68. The van der Waals surface area contributed by atoms with Crippen molar-refractivity contribution in [2.75, 3.05) is 12.4 Å². The standard InChI is InChI=1S/C25H19F6N3O4/c1-12(22(34-37)24(36)33-14-6-3-5-13(9-14)25(29,30)31)32-23(35)15-10-16(20(38-2)11-19(15)28)21-17(26)7-4-8-18(21)27/h3-11,34,37H,1-2H3,(H,32,35)(H,33,36)/b22-12-. The molecule has 200 valence electrons. The van der Waals surface area contributed by atoms with Crippen LogP contribution in [-0.2, 0) is 11.0 Å². The lowest BCUT2D eigenvalue weighted by Gasteiger charge is -2.15. The van der Waals surface area contributed by atoms with Crippen LogP contribution in [0.3, 0.4) is 0 Å². The van der Waals surface area contributed by atoms with Gasteiger partial charge in [-0.15, -0.1) is 0 Å². The number of hydrogen-bond donors (Lipinski definition) is 4. The molecule has 3 aromatic carbocycles. The average molecular weight is 539 g/mol. The van der Waals surface area contributed by atoms with Crippen LogP contribution in [0, 0.1) is 17.5 Å². The second kappa shape index (κ2) is 11.3. The topological polar surface area (TPSA) is 99.7 Å². The first-order chi connectivity index (χ1) is 17.9. The molecular weight excluding hydrogens is 520 g/mol. The van der Waals surface area contributed by atoms with Crippen molar-refractivity contribution in [1.82, 2.24) is 10.8 Å². The van der Waals surface area contributed by atoms with E-state index in [1.54, 1.807) is 0 Å². The number of carbonyl (C=O) groups is 2. The van der Waals surface area contributed by atoms with Gasteiger partial charge in [-0.2, -0.15) is 13.2 Å². The summed E-state index contributed by atoms with van der Waals surface area (Å²) in [6.45, 7) is 1.13. The van der Waals surface area contributed by atoms with Crippen LogP contribution in [0.5, 0.6) is 5.75 Å². The zero-order valence-corrected chi connectivity index (χ0v) is 19.6. The molecular formula is C25H19F6N3O4. The maximum absolute atomic E-state index is 14.7. The van der Waals surface area contributed by atoms with Crippen LogP contribution < -0.4 is 20.9 Å². The summed E-state index contributed by atoms with van der Waals surface area (Å²) in [5.74, 6) is -5.74. The molecule has 0 radical (unpaired) electrons. The van der Waals surface area contributed by atoms with Crippen LogP contribution in [0.25, 0.3) is 11.1 Å². The molecule has 0 heterocycles. The molecule has 13 heteroatoms. The van der Waals surface area contributed by atoms with Gasteiger partial charge in [0, 0.05) is 23.0 Å². The fourth-order valence-corrected chi connectivity index (χ4v) is 3.42. The minimum atomic E-state index is -4.68. The van der Waals surface area contributed by atoms with Crippen LogP contribution in [0.4, 0.5) is 32.0 Å². The molecule has 3 rings (SSSR count). The zero-order chi connectivity index (χ0) is 28.2. The van der Waals surface area contributed by atoms with Crippen molar-refractivity contribution in [3.63, 3.8) is 0 Å². The van der Waals surface area contributed by atoms with Crippen molar-refractivity contribution in [3.05, 3.63) is 94.6 Å². The van der Waals surface area contributed by atoms with Gasteiger partial charge in [-0.25, -0.2) is 13.2 Å². The fraction of sp³-hybridized carbons (Fsp3) is 0.120. The third-order valence-corrected chi connectivity index (χ3v) is 5.23. The van der Waals surface area contributed by atoms with E-state index in [0.717, 1.165) is 62.6 Å². The Labute approximate surface area is 211 Å². The number of halogens is 6. The lowest BCUT2D eigenvalue weighted by molar-refractivity contribution is -0.137. The third kappa shape index (κ3) is 6.06. The highest BCUT2D eigenvalue weighted by atomic mass is 19.4. The van der Waals surface area contributed by atoms with Gasteiger partial charge >= 0.3 is 6.18 Å². The Kier molecular flexibility index (Phi) is 8.31. The van der Waals surface area contributed by atoms with Crippen molar-refractivity contribution in [3.8, 4) is 16.9 Å². The molecule has 0 aliphatic heterocycles. The third-order valence-electron chi connectivity index (χ3n) is 5.23. The van der Waals surface area contributed by atoms with E-state index in [0.29, 0.717) is 6.07 Å². The number of benzene rings is 3. The van der Waals surface area contributed by atoms with Crippen LogP contribution in [0.2, 0.25) is 0 Å². The molecule has 0 spiro atoms. The normalized spacial score (nSPS) is 11.9. The number of rotatable bonds is 7. The van der Waals surface area contributed by atoms with Gasteiger partial charge in [0.1, 0.15) is 28.9 Å². The van der Waals surface area contributed by atoms with Crippen LogP contribution in [-0.4, -0.2) is 24.1 Å². The minimum Gasteiger partial charge on any atom is -0.496 e. The molecule has 3 aromatic rings. The molecule has 0 saturated heterocycles. The van der Waals surface area contributed by atoms with E-state index >= 15 is 0 Å².